The third-order valence-electron chi connectivity index (χ3n) is 4.01. The molecule has 0 radical (unpaired) electrons. The lowest BCUT2D eigenvalue weighted by atomic mass is 9.99. The van der Waals surface area contributed by atoms with Gasteiger partial charge in [0.05, 0.1) is 12.6 Å². The molecule has 1 aromatic carbocycles. The minimum Gasteiger partial charge on any atom is -0.383 e. The van der Waals surface area contributed by atoms with E-state index < -0.39 is 0 Å². The predicted molar refractivity (Wildman–Crippen MR) is 79.3 cm³/mol. The van der Waals surface area contributed by atoms with Gasteiger partial charge in [-0.15, -0.1) is 0 Å². The Morgan fingerprint density at radius 1 is 1.37 bits per heavy atom. The monoisotopic (exact) mass is 262 g/mol. The summed E-state index contributed by atoms with van der Waals surface area (Å²) >= 11 is 0. The maximum Gasteiger partial charge on any atom is 0.0659 e. The highest BCUT2D eigenvalue weighted by atomic mass is 16.5. The van der Waals surface area contributed by atoms with E-state index in [4.69, 9.17) is 4.74 Å². The van der Waals surface area contributed by atoms with Crippen LogP contribution in [0.15, 0.2) is 30.3 Å². The van der Waals surface area contributed by atoms with Gasteiger partial charge in [0.1, 0.15) is 0 Å². The van der Waals surface area contributed by atoms with Crippen LogP contribution in [0.2, 0.25) is 0 Å². The number of ether oxygens (including phenoxy) is 1. The standard InChI is InChI=1S/C16H26N2O/c1-3-18(15-10-7-11-17-12-15)16(13-19-2)14-8-5-4-6-9-14/h4-6,8-9,15-17H,3,7,10-13H2,1-2H3. The van der Waals surface area contributed by atoms with Gasteiger partial charge in [-0.3, -0.25) is 4.90 Å². The minimum atomic E-state index is 0.362. The average Bonchev–Trinajstić information content (AvgIpc) is 2.49. The molecule has 1 fully saturated rings. The van der Waals surface area contributed by atoms with E-state index in [-0.39, 0.29) is 0 Å². The van der Waals surface area contributed by atoms with Crippen LogP contribution in [0.1, 0.15) is 31.4 Å². The molecule has 0 saturated carbocycles. The Labute approximate surface area is 116 Å². The van der Waals surface area contributed by atoms with Gasteiger partial charge in [0.25, 0.3) is 0 Å². The molecule has 2 atom stereocenters. The first-order chi connectivity index (χ1) is 9.36. The first-order valence-corrected chi connectivity index (χ1v) is 7.37. The Kier molecular flexibility index (Phi) is 5.83. The SMILES string of the molecule is CCN(C1CCCNC1)C(COC)c1ccccc1. The summed E-state index contributed by atoms with van der Waals surface area (Å²) in [5.74, 6) is 0. The van der Waals surface area contributed by atoms with Crippen molar-refractivity contribution in [1.82, 2.24) is 10.2 Å². The molecule has 19 heavy (non-hydrogen) atoms. The van der Waals surface area contributed by atoms with E-state index in [1.54, 1.807) is 7.11 Å². The zero-order valence-electron chi connectivity index (χ0n) is 12.1. The summed E-state index contributed by atoms with van der Waals surface area (Å²) in [5, 5.41) is 3.52. The number of likely N-dealkylation sites (N-methyl/N-ethyl adjacent to an activating group) is 1. The smallest absolute Gasteiger partial charge is 0.0659 e. The van der Waals surface area contributed by atoms with E-state index in [0.717, 1.165) is 26.2 Å². The van der Waals surface area contributed by atoms with Crippen molar-refractivity contribution in [3.8, 4) is 0 Å². The Balaban J connectivity index is 2.15. The molecule has 2 unspecified atom stereocenters. The van der Waals surface area contributed by atoms with Crippen molar-refractivity contribution in [2.75, 3.05) is 33.4 Å². The Morgan fingerprint density at radius 3 is 2.74 bits per heavy atom. The van der Waals surface area contributed by atoms with Gasteiger partial charge in [0.15, 0.2) is 0 Å². The van der Waals surface area contributed by atoms with Gasteiger partial charge in [0, 0.05) is 19.7 Å². The van der Waals surface area contributed by atoms with Crippen molar-refractivity contribution in [1.29, 1.82) is 0 Å². The van der Waals surface area contributed by atoms with Crippen molar-refractivity contribution < 1.29 is 4.74 Å². The number of hydrogen-bond donors (Lipinski definition) is 1. The number of nitrogens with zero attached hydrogens (tertiary/aromatic N) is 1. The maximum absolute atomic E-state index is 5.47. The van der Waals surface area contributed by atoms with Crippen molar-refractivity contribution in [3.63, 3.8) is 0 Å². The summed E-state index contributed by atoms with van der Waals surface area (Å²) < 4.78 is 5.47. The molecule has 1 saturated heterocycles. The van der Waals surface area contributed by atoms with Crippen LogP contribution in [0, 0.1) is 0 Å². The van der Waals surface area contributed by atoms with Crippen molar-refractivity contribution in [2.45, 2.75) is 31.8 Å². The van der Waals surface area contributed by atoms with E-state index in [9.17, 15) is 0 Å². The molecule has 3 nitrogen and oxygen atoms in total. The van der Waals surface area contributed by atoms with Crippen LogP contribution in [-0.2, 0) is 4.74 Å². The number of hydrogen-bond acceptors (Lipinski definition) is 3. The van der Waals surface area contributed by atoms with Gasteiger partial charge < -0.3 is 10.1 Å². The Hall–Kier alpha value is -0.900. The molecule has 0 amide bonds. The molecule has 1 aromatic rings. The highest BCUT2D eigenvalue weighted by molar-refractivity contribution is 5.19. The van der Waals surface area contributed by atoms with E-state index in [2.05, 4.69) is 47.5 Å². The van der Waals surface area contributed by atoms with Gasteiger partial charge in [-0.1, -0.05) is 37.3 Å². The highest BCUT2D eigenvalue weighted by Gasteiger charge is 2.27. The topological polar surface area (TPSA) is 24.5 Å². The Bertz CT molecular complexity index is 349. The van der Waals surface area contributed by atoms with E-state index in [1.165, 1.54) is 18.4 Å². The third kappa shape index (κ3) is 3.78. The largest absolute Gasteiger partial charge is 0.383 e. The second-order valence-electron chi connectivity index (χ2n) is 5.21. The van der Waals surface area contributed by atoms with Gasteiger partial charge in [-0.25, -0.2) is 0 Å². The van der Waals surface area contributed by atoms with E-state index >= 15 is 0 Å². The van der Waals surface area contributed by atoms with Crippen LogP contribution in [0.5, 0.6) is 0 Å². The molecule has 1 aliphatic heterocycles. The zero-order valence-corrected chi connectivity index (χ0v) is 12.1. The third-order valence-corrected chi connectivity index (χ3v) is 4.01. The molecule has 0 bridgehead atoms. The zero-order chi connectivity index (χ0) is 13.5. The van der Waals surface area contributed by atoms with Crippen LogP contribution in [0.4, 0.5) is 0 Å². The lowest BCUT2D eigenvalue weighted by Gasteiger charge is -2.39. The van der Waals surface area contributed by atoms with Crippen LogP contribution >= 0.6 is 0 Å². The molecule has 106 valence electrons. The van der Waals surface area contributed by atoms with Crippen LogP contribution in [0.25, 0.3) is 0 Å². The summed E-state index contributed by atoms with van der Waals surface area (Å²) in [5.41, 5.74) is 1.36. The van der Waals surface area contributed by atoms with E-state index in [0.29, 0.717) is 12.1 Å². The lowest BCUT2D eigenvalue weighted by Crippen LogP contribution is -2.48. The van der Waals surface area contributed by atoms with Crippen molar-refractivity contribution >= 4 is 0 Å². The number of nitrogens with one attached hydrogen (secondary N) is 1. The van der Waals surface area contributed by atoms with Gasteiger partial charge in [0.2, 0.25) is 0 Å². The number of methoxy groups -OCH3 is 1. The molecule has 1 heterocycles. The molecule has 1 N–H and O–H groups in total. The van der Waals surface area contributed by atoms with Crippen molar-refractivity contribution in [2.24, 2.45) is 0 Å². The molecule has 3 heteroatoms. The molecule has 0 spiro atoms. The van der Waals surface area contributed by atoms with Gasteiger partial charge >= 0.3 is 0 Å². The van der Waals surface area contributed by atoms with E-state index in [1.807, 2.05) is 0 Å². The van der Waals surface area contributed by atoms with Gasteiger partial charge in [-0.05, 0) is 31.5 Å². The fourth-order valence-corrected chi connectivity index (χ4v) is 3.07. The second-order valence-corrected chi connectivity index (χ2v) is 5.21. The summed E-state index contributed by atoms with van der Waals surface area (Å²) in [4.78, 5) is 2.59. The fourth-order valence-electron chi connectivity index (χ4n) is 3.07. The van der Waals surface area contributed by atoms with Gasteiger partial charge in [-0.2, -0.15) is 0 Å². The molecular weight excluding hydrogens is 236 g/mol. The average molecular weight is 262 g/mol. The summed E-state index contributed by atoms with van der Waals surface area (Å²) in [6.45, 7) is 6.33. The fraction of sp³-hybridized carbons (Fsp3) is 0.625. The lowest BCUT2D eigenvalue weighted by molar-refractivity contribution is 0.0544. The normalized spacial score (nSPS) is 21.5. The molecule has 2 rings (SSSR count). The second kappa shape index (κ2) is 7.63. The number of piperidine rings is 1. The van der Waals surface area contributed by atoms with Crippen LogP contribution in [0.3, 0.4) is 0 Å². The maximum atomic E-state index is 5.47. The summed E-state index contributed by atoms with van der Waals surface area (Å²) in [6.07, 6.45) is 2.56. The number of benzene rings is 1. The molecule has 0 aromatic heterocycles. The first-order valence-electron chi connectivity index (χ1n) is 7.37. The predicted octanol–water partition coefficient (Wildman–Crippen LogP) is 2.45. The summed E-state index contributed by atoms with van der Waals surface area (Å²) in [7, 11) is 1.79. The summed E-state index contributed by atoms with van der Waals surface area (Å²) in [6, 6.07) is 11.7. The molecule has 1 aliphatic rings. The molecular formula is C16H26N2O. The Morgan fingerprint density at radius 2 is 2.16 bits per heavy atom. The van der Waals surface area contributed by atoms with Crippen LogP contribution < -0.4 is 5.32 Å². The van der Waals surface area contributed by atoms with Crippen LogP contribution in [-0.4, -0.2) is 44.3 Å². The van der Waals surface area contributed by atoms with Crippen molar-refractivity contribution in [3.05, 3.63) is 35.9 Å². The quantitative estimate of drug-likeness (QED) is 0.852. The number of rotatable bonds is 6. The molecule has 0 aliphatic carbocycles. The first kappa shape index (κ1) is 14.5. The highest BCUT2D eigenvalue weighted by Crippen LogP contribution is 2.25. The minimum absolute atomic E-state index is 0.362.